The molecule has 1 amide bonds. The lowest BCUT2D eigenvalue weighted by Crippen LogP contribution is -2.53. The van der Waals surface area contributed by atoms with Gasteiger partial charge in [-0.05, 0) is 12.1 Å². The summed E-state index contributed by atoms with van der Waals surface area (Å²) in [5.74, 6) is -2.31. The molecule has 0 unspecified atom stereocenters. The highest BCUT2D eigenvalue weighted by Gasteiger charge is 2.36. The number of carbonyl (C=O) groups excluding carboxylic acids is 1. The van der Waals surface area contributed by atoms with Crippen LogP contribution in [0.4, 0.5) is 4.39 Å². The molecule has 96 valence electrons. The van der Waals surface area contributed by atoms with Crippen molar-refractivity contribution in [2.75, 3.05) is 20.2 Å². The van der Waals surface area contributed by atoms with Gasteiger partial charge < -0.3 is 14.7 Å². The molecule has 1 saturated heterocycles. The van der Waals surface area contributed by atoms with Gasteiger partial charge in [-0.15, -0.1) is 0 Å². The van der Waals surface area contributed by atoms with Crippen LogP contribution in [-0.2, 0) is 4.79 Å². The molecule has 1 aromatic rings. The average Bonchev–Trinajstić information content (AvgIpc) is 2.25. The van der Waals surface area contributed by atoms with Crippen molar-refractivity contribution in [3.63, 3.8) is 0 Å². The zero-order chi connectivity index (χ0) is 13.3. The van der Waals surface area contributed by atoms with Crippen molar-refractivity contribution in [3.05, 3.63) is 29.6 Å². The highest BCUT2D eigenvalue weighted by Crippen LogP contribution is 2.22. The first kappa shape index (κ1) is 12.3. The Hall–Kier alpha value is -2.11. The fraction of sp³-hybridized carbons (Fsp3) is 0.333. The van der Waals surface area contributed by atoms with E-state index in [0.717, 1.165) is 6.07 Å². The molecule has 0 aliphatic carbocycles. The second kappa shape index (κ2) is 4.64. The summed E-state index contributed by atoms with van der Waals surface area (Å²) in [4.78, 5) is 23.8. The number of amides is 1. The molecular formula is C12H12FNO4. The van der Waals surface area contributed by atoms with Gasteiger partial charge in [-0.25, -0.2) is 4.39 Å². The van der Waals surface area contributed by atoms with Crippen LogP contribution in [0.3, 0.4) is 0 Å². The molecule has 0 saturated carbocycles. The molecule has 1 heterocycles. The summed E-state index contributed by atoms with van der Waals surface area (Å²) in [6.07, 6.45) is 0. The van der Waals surface area contributed by atoms with E-state index < -0.39 is 23.6 Å². The van der Waals surface area contributed by atoms with E-state index in [4.69, 9.17) is 9.84 Å². The summed E-state index contributed by atoms with van der Waals surface area (Å²) in [5.41, 5.74) is -0.0698. The largest absolute Gasteiger partial charge is 0.497 e. The van der Waals surface area contributed by atoms with Crippen LogP contribution in [0.1, 0.15) is 10.4 Å². The molecule has 0 aromatic heterocycles. The van der Waals surface area contributed by atoms with Crippen molar-refractivity contribution in [1.29, 1.82) is 0 Å². The van der Waals surface area contributed by atoms with Gasteiger partial charge in [0, 0.05) is 19.2 Å². The topological polar surface area (TPSA) is 66.8 Å². The molecular weight excluding hydrogens is 241 g/mol. The number of aliphatic carboxylic acids is 1. The Morgan fingerprint density at radius 2 is 2.11 bits per heavy atom. The molecule has 0 spiro atoms. The molecule has 1 fully saturated rings. The molecule has 1 aliphatic rings. The number of carboxylic acid groups (broad SMARTS) is 1. The van der Waals surface area contributed by atoms with Crippen molar-refractivity contribution in [3.8, 4) is 5.75 Å². The normalized spacial score (nSPS) is 15.1. The van der Waals surface area contributed by atoms with Crippen LogP contribution in [0, 0.1) is 11.7 Å². The zero-order valence-electron chi connectivity index (χ0n) is 9.72. The number of likely N-dealkylation sites (tertiary alicyclic amines) is 1. The van der Waals surface area contributed by atoms with Crippen LogP contribution in [0.15, 0.2) is 18.2 Å². The van der Waals surface area contributed by atoms with E-state index in [-0.39, 0.29) is 18.7 Å². The monoisotopic (exact) mass is 253 g/mol. The summed E-state index contributed by atoms with van der Waals surface area (Å²) < 4.78 is 18.5. The molecule has 1 aromatic carbocycles. The molecule has 0 atom stereocenters. The number of ether oxygens (including phenoxy) is 1. The lowest BCUT2D eigenvalue weighted by atomic mass is 9.99. The number of carbonyl (C=O) groups is 2. The third-order valence-corrected chi connectivity index (χ3v) is 2.92. The number of carboxylic acids is 1. The number of nitrogens with zero attached hydrogens (tertiary/aromatic N) is 1. The van der Waals surface area contributed by atoms with E-state index in [1.165, 1.54) is 24.1 Å². The van der Waals surface area contributed by atoms with Gasteiger partial charge in [-0.2, -0.15) is 0 Å². The van der Waals surface area contributed by atoms with Gasteiger partial charge in [0.2, 0.25) is 0 Å². The van der Waals surface area contributed by atoms with Gasteiger partial charge >= 0.3 is 5.97 Å². The van der Waals surface area contributed by atoms with Gasteiger partial charge in [0.05, 0.1) is 18.6 Å². The van der Waals surface area contributed by atoms with Crippen molar-refractivity contribution in [1.82, 2.24) is 4.90 Å². The van der Waals surface area contributed by atoms with Crippen molar-refractivity contribution in [2.45, 2.75) is 0 Å². The van der Waals surface area contributed by atoms with Gasteiger partial charge in [-0.1, -0.05) is 0 Å². The number of benzene rings is 1. The Bertz CT molecular complexity index is 497. The molecule has 1 N–H and O–H groups in total. The van der Waals surface area contributed by atoms with Crippen molar-refractivity contribution >= 4 is 11.9 Å². The first-order chi connectivity index (χ1) is 8.52. The number of rotatable bonds is 3. The maximum absolute atomic E-state index is 13.6. The molecule has 1 aliphatic heterocycles. The van der Waals surface area contributed by atoms with Gasteiger partial charge in [0.15, 0.2) is 0 Å². The smallest absolute Gasteiger partial charge is 0.310 e. The fourth-order valence-corrected chi connectivity index (χ4v) is 1.77. The first-order valence-corrected chi connectivity index (χ1v) is 5.38. The third kappa shape index (κ3) is 2.13. The lowest BCUT2D eigenvalue weighted by molar-refractivity contribution is -0.146. The van der Waals surface area contributed by atoms with E-state index >= 15 is 0 Å². The van der Waals surface area contributed by atoms with E-state index in [0.29, 0.717) is 5.75 Å². The lowest BCUT2D eigenvalue weighted by Gasteiger charge is -2.36. The molecule has 2 rings (SSSR count). The Morgan fingerprint density at radius 1 is 1.44 bits per heavy atom. The van der Waals surface area contributed by atoms with Crippen LogP contribution in [-0.4, -0.2) is 42.1 Å². The predicted molar refractivity (Wildman–Crippen MR) is 60.0 cm³/mol. The number of methoxy groups -OCH3 is 1. The van der Waals surface area contributed by atoms with E-state index in [2.05, 4.69) is 0 Å². The SMILES string of the molecule is COc1ccc(C(=O)N2CC(C(=O)O)C2)c(F)c1. The average molecular weight is 253 g/mol. The molecule has 0 bridgehead atoms. The summed E-state index contributed by atoms with van der Waals surface area (Å²) in [6, 6.07) is 3.96. The third-order valence-electron chi connectivity index (χ3n) is 2.92. The predicted octanol–water partition coefficient (Wildman–Crippen LogP) is 0.991. The van der Waals surface area contributed by atoms with Crippen molar-refractivity contribution in [2.24, 2.45) is 5.92 Å². The van der Waals surface area contributed by atoms with Crippen LogP contribution in [0.5, 0.6) is 5.75 Å². The summed E-state index contributed by atoms with van der Waals surface area (Å²) >= 11 is 0. The summed E-state index contributed by atoms with van der Waals surface area (Å²) in [6.45, 7) is 0.249. The first-order valence-electron chi connectivity index (χ1n) is 5.38. The second-order valence-electron chi connectivity index (χ2n) is 4.09. The maximum atomic E-state index is 13.6. The van der Waals surface area contributed by atoms with Crippen LogP contribution in [0.2, 0.25) is 0 Å². The molecule has 5 nitrogen and oxygen atoms in total. The quantitative estimate of drug-likeness (QED) is 0.872. The van der Waals surface area contributed by atoms with Crippen LogP contribution < -0.4 is 4.74 Å². The van der Waals surface area contributed by atoms with Gasteiger partial charge in [0.1, 0.15) is 11.6 Å². The number of hydrogen-bond acceptors (Lipinski definition) is 3. The highest BCUT2D eigenvalue weighted by molar-refractivity contribution is 5.96. The molecule has 0 radical (unpaired) electrons. The summed E-state index contributed by atoms with van der Waals surface area (Å²) in [5, 5.41) is 8.70. The van der Waals surface area contributed by atoms with E-state index in [9.17, 15) is 14.0 Å². The number of halogens is 1. The fourth-order valence-electron chi connectivity index (χ4n) is 1.77. The van der Waals surface area contributed by atoms with E-state index in [1.54, 1.807) is 0 Å². The zero-order valence-corrected chi connectivity index (χ0v) is 9.72. The standard InChI is InChI=1S/C12H12FNO4/c1-18-8-2-3-9(10(13)4-8)11(15)14-5-7(6-14)12(16)17/h2-4,7H,5-6H2,1H3,(H,16,17). The van der Waals surface area contributed by atoms with Crippen molar-refractivity contribution < 1.29 is 23.8 Å². The second-order valence-corrected chi connectivity index (χ2v) is 4.09. The minimum Gasteiger partial charge on any atom is -0.497 e. The number of hydrogen-bond donors (Lipinski definition) is 1. The molecule has 18 heavy (non-hydrogen) atoms. The minimum absolute atomic E-state index is 0.0698. The maximum Gasteiger partial charge on any atom is 0.310 e. The Morgan fingerprint density at radius 3 is 2.61 bits per heavy atom. The summed E-state index contributed by atoms with van der Waals surface area (Å²) in [7, 11) is 1.41. The van der Waals surface area contributed by atoms with Crippen LogP contribution in [0.25, 0.3) is 0 Å². The highest BCUT2D eigenvalue weighted by atomic mass is 19.1. The Balaban J connectivity index is 2.09. The Labute approximate surface area is 103 Å². The molecule has 6 heteroatoms. The minimum atomic E-state index is -0.936. The van der Waals surface area contributed by atoms with E-state index in [1.807, 2.05) is 0 Å². The van der Waals surface area contributed by atoms with Gasteiger partial charge in [0.25, 0.3) is 5.91 Å². The van der Waals surface area contributed by atoms with Gasteiger partial charge in [-0.3, -0.25) is 9.59 Å². The Kier molecular flexibility index (Phi) is 3.18. The van der Waals surface area contributed by atoms with Crippen LogP contribution >= 0.6 is 0 Å².